The maximum atomic E-state index is 12.1. The fourth-order valence-electron chi connectivity index (χ4n) is 1.77. The van der Waals surface area contributed by atoms with E-state index in [1.54, 1.807) is 30.2 Å². The number of amides is 1. The predicted octanol–water partition coefficient (Wildman–Crippen LogP) is 2.05. The molecule has 9 heteroatoms. The zero-order chi connectivity index (χ0) is 17.5. The summed E-state index contributed by atoms with van der Waals surface area (Å²) in [7, 11) is 1.75. The van der Waals surface area contributed by atoms with Gasteiger partial charge in [-0.3, -0.25) is 4.79 Å². The van der Waals surface area contributed by atoms with E-state index >= 15 is 0 Å². The molecule has 0 fully saturated rings. The Bertz CT molecular complexity index is 707. The number of ether oxygens (including phenoxy) is 1. The number of rotatable bonds is 7. The Balaban J connectivity index is 1.90. The molecule has 7 nitrogen and oxygen atoms in total. The maximum Gasteiger partial charge on any atom is 0.343 e. The first-order valence-electron chi connectivity index (χ1n) is 7.20. The molecule has 2 heterocycles. The molecule has 0 atom stereocenters. The van der Waals surface area contributed by atoms with Gasteiger partial charge in [0.2, 0.25) is 5.91 Å². The molecule has 0 aliphatic carbocycles. The van der Waals surface area contributed by atoms with E-state index in [-0.39, 0.29) is 29.6 Å². The Morgan fingerprint density at radius 3 is 2.88 bits per heavy atom. The normalized spacial score (nSPS) is 10.4. The molecule has 2 N–H and O–H groups in total. The Hall–Kier alpha value is -2.13. The number of nitrogens with two attached hydrogens (primary N) is 1. The highest BCUT2D eigenvalue weighted by Crippen LogP contribution is 2.18. The van der Waals surface area contributed by atoms with Gasteiger partial charge in [0.1, 0.15) is 11.4 Å². The van der Waals surface area contributed by atoms with Crippen LogP contribution in [0.15, 0.2) is 28.9 Å². The third-order valence-corrected chi connectivity index (χ3v) is 4.72. The lowest BCUT2D eigenvalue weighted by Gasteiger charge is -2.15. The molecule has 2 rings (SSSR count). The minimum Gasteiger partial charge on any atom is -0.462 e. The number of nitrogen functional groups attached to an aromatic ring is 1. The fraction of sp³-hybridized carbons (Fsp3) is 0.333. The highest BCUT2D eigenvalue weighted by molar-refractivity contribution is 7.99. The van der Waals surface area contributed by atoms with Crippen LogP contribution in [0.1, 0.15) is 22.2 Å². The van der Waals surface area contributed by atoms with Crippen LogP contribution in [0.25, 0.3) is 0 Å². The van der Waals surface area contributed by atoms with Gasteiger partial charge >= 0.3 is 5.97 Å². The molecule has 1 amide bonds. The second kappa shape index (κ2) is 8.65. The van der Waals surface area contributed by atoms with E-state index in [4.69, 9.17) is 10.5 Å². The lowest BCUT2D eigenvalue weighted by molar-refractivity contribution is -0.127. The van der Waals surface area contributed by atoms with Gasteiger partial charge in [-0.25, -0.2) is 14.8 Å². The standard InChI is InChI=1S/C15H18N4O3S2/c1-3-22-14(21)11-7-17-15(18-13(11)16)24-9-12(20)19(2)8-10-5-4-6-23-10/h4-7H,3,8-9H2,1-2H3,(H2,16,17,18). The summed E-state index contributed by atoms with van der Waals surface area (Å²) in [5, 5.41) is 2.32. The molecule has 0 aromatic carbocycles. The van der Waals surface area contributed by atoms with Gasteiger partial charge in [0, 0.05) is 18.1 Å². The number of aromatic nitrogens is 2. The Morgan fingerprint density at radius 1 is 1.46 bits per heavy atom. The Kier molecular flexibility index (Phi) is 6.56. The number of hydrogen-bond acceptors (Lipinski definition) is 8. The molecule has 0 spiro atoms. The van der Waals surface area contributed by atoms with Gasteiger partial charge in [0.25, 0.3) is 0 Å². The number of anilines is 1. The van der Waals surface area contributed by atoms with E-state index in [0.717, 1.165) is 4.88 Å². The predicted molar refractivity (Wildman–Crippen MR) is 93.9 cm³/mol. The molecule has 2 aromatic heterocycles. The van der Waals surface area contributed by atoms with Crippen molar-refractivity contribution in [1.82, 2.24) is 14.9 Å². The van der Waals surface area contributed by atoms with Crippen molar-refractivity contribution in [2.24, 2.45) is 0 Å². The lowest BCUT2D eigenvalue weighted by Crippen LogP contribution is -2.27. The largest absolute Gasteiger partial charge is 0.462 e. The number of hydrogen-bond donors (Lipinski definition) is 1. The van der Waals surface area contributed by atoms with Gasteiger partial charge in [0.15, 0.2) is 5.16 Å². The number of esters is 1. The average Bonchev–Trinajstić information content (AvgIpc) is 3.05. The van der Waals surface area contributed by atoms with Crippen LogP contribution in [0, 0.1) is 0 Å². The van der Waals surface area contributed by atoms with Gasteiger partial charge < -0.3 is 15.4 Å². The number of carbonyl (C=O) groups is 2. The summed E-state index contributed by atoms with van der Waals surface area (Å²) < 4.78 is 4.86. The van der Waals surface area contributed by atoms with Crippen molar-refractivity contribution in [2.45, 2.75) is 18.6 Å². The molecule has 0 unspecified atom stereocenters. The monoisotopic (exact) mass is 366 g/mol. The van der Waals surface area contributed by atoms with Crippen LogP contribution >= 0.6 is 23.1 Å². The fourth-order valence-corrected chi connectivity index (χ4v) is 3.30. The number of carbonyl (C=O) groups excluding carboxylic acids is 2. The summed E-state index contributed by atoms with van der Waals surface area (Å²) in [6.45, 7) is 2.53. The van der Waals surface area contributed by atoms with E-state index in [9.17, 15) is 9.59 Å². The first-order chi connectivity index (χ1) is 11.5. The van der Waals surface area contributed by atoms with E-state index < -0.39 is 5.97 Å². The van der Waals surface area contributed by atoms with Crippen molar-refractivity contribution in [2.75, 3.05) is 25.1 Å². The number of thiophene rings is 1. The van der Waals surface area contributed by atoms with Crippen LogP contribution < -0.4 is 5.73 Å². The maximum absolute atomic E-state index is 12.1. The SMILES string of the molecule is CCOC(=O)c1cnc(SCC(=O)N(C)Cc2cccs2)nc1N. The lowest BCUT2D eigenvalue weighted by atomic mass is 10.3. The smallest absolute Gasteiger partial charge is 0.343 e. The molecule has 0 aliphatic rings. The van der Waals surface area contributed by atoms with Gasteiger partial charge in [-0.2, -0.15) is 0 Å². The molecule has 0 saturated carbocycles. The molecule has 0 aliphatic heterocycles. The summed E-state index contributed by atoms with van der Waals surface area (Å²) in [6, 6.07) is 3.94. The van der Waals surface area contributed by atoms with Gasteiger partial charge in [-0.05, 0) is 18.4 Å². The van der Waals surface area contributed by atoms with Crippen LogP contribution in [0.2, 0.25) is 0 Å². The van der Waals surface area contributed by atoms with E-state index in [0.29, 0.717) is 11.7 Å². The van der Waals surface area contributed by atoms with Crippen molar-refractivity contribution in [1.29, 1.82) is 0 Å². The Morgan fingerprint density at radius 2 is 2.25 bits per heavy atom. The van der Waals surface area contributed by atoms with Crippen LogP contribution in [-0.2, 0) is 16.1 Å². The van der Waals surface area contributed by atoms with Crippen molar-refractivity contribution < 1.29 is 14.3 Å². The third kappa shape index (κ3) is 4.93. The first-order valence-corrected chi connectivity index (χ1v) is 9.06. The van der Waals surface area contributed by atoms with Crippen LogP contribution in [-0.4, -0.2) is 46.2 Å². The molecule has 2 aromatic rings. The van der Waals surface area contributed by atoms with Crippen molar-refractivity contribution >= 4 is 40.8 Å². The minimum absolute atomic E-state index is 0.0370. The molecular formula is C15H18N4O3S2. The zero-order valence-corrected chi connectivity index (χ0v) is 15.0. The van der Waals surface area contributed by atoms with Gasteiger partial charge in [0.05, 0.1) is 18.9 Å². The van der Waals surface area contributed by atoms with Crippen LogP contribution in [0.4, 0.5) is 5.82 Å². The van der Waals surface area contributed by atoms with Gasteiger partial charge in [-0.1, -0.05) is 17.8 Å². The molecular weight excluding hydrogens is 348 g/mol. The second-order valence-corrected chi connectivity index (χ2v) is 6.76. The minimum atomic E-state index is -0.557. The number of thioether (sulfide) groups is 1. The van der Waals surface area contributed by atoms with Crippen LogP contribution in [0.3, 0.4) is 0 Å². The molecule has 0 bridgehead atoms. The molecule has 24 heavy (non-hydrogen) atoms. The summed E-state index contributed by atoms with van der Waals surface area (Å²) in [6.07, 6.45) is 1.32. The average molecular weight is 366 g/mol. The van der Waals surface area contributed by atoms with Crippen molar-refractivity contribution in [3.63, 3.8) is 0 Å². The summed E-state index contributed by atoms with van der Waals surface area (Å²) in [5.41, 5.74) is 5.88. The third-order valence-electron chi connectivity index (χ3n) is 3.02. The first kappa shape index (κ1) is 18.2. The van der Waals surface area contributed by atoms with Crippen LogP contribution in [0.5, 0.6) is 0 Å². The van der Waals surface area contributed by atoms with E-state index in [1.807, 2.05) is 17.5 Å². The topological polar surface area (TPSA) is 98.4 Å². The van der Waals surface area contributed by atoms with E-state index in [2.05, 4.69) is 9.97 Å². The zero-order valence-electron chi connectivity index (χ0n) is 13.4. The summed E-state index contributed by atoms with van der Waals surface area (Å²) in [5.74, 6) is -0.353. The second-order valence-electron chi connectivity index (χ2n) is 4.79. The molecule has 0 radical (unpaired) electrons. The number of nitrogens with zero attached hydrogens (tertiary/aromatic N) is 3. The quantitative estimate of drug-likeness (QED) is 0.455. The molecule has 128 valence electrons. The van der Waals surface area contributed by atoms with Gasteiger partial charge in [-0.15, -0.1) is 11.3 Å². The molecule has 0 saturated heterocycles. The summed E-state index contributed by atoms with van der Waals surface area (Å²) in [4.78, 5) is 34.6. The highest BCUT2D eigenvalue weighted by atomic mass is 32.2. The highest BCUT2D eigenvalue weighted by Gasteiger charge is 2.15. The van der Waals surface area contributed by atoms with E-state index in [1.165, 1.54) is 18.0 Å². The van der Waals surface area contributed by atoms with Crippen molar-refractivity contribution in [3.05, 3.63) is 34.2 Å². The van der Waals surface area contributed by atoms with Crippen molar-refractivity contribution in [3.8, 4) is 0 Å². The Labute approximate surface area is 148 Å². The summed E-state index contributed by atoms with van der Waals surface area (Å²) >= 11 is 2.78.